The smallest absolute Gasteiger partial charge is 0.260 e. The van der Waals surface area contributed by atoms with Crippen molar-refractivity contribution in [2.24, 2.45) is 0 Å². The Bertz CT molecular complexity index is 820. The summed E-state index contributed by atoms with van der Waals surface area (Å²) in [5.41, 5.74) is 4.06. The summed E-state index contributed by atoms with van der Waals surface area (Å²) in [4.78, 5) is 27.1. The van der Waals surface area contributed by atoms with Gasteiger partial charge in [-0.25, -0.2) is 0 Å². The van der Waals surface area contributed by atoms with Crippen molar-refractivity contribution >= 4 is 33.3 Å². The molecule has 0 radical (unpaired) electrons. The Morgan fingerprint density at radius 3 is 2.82 bits per heavy atom. The molecular formula is C17H13BrN2O2. The van der Waals surface area contributed by atoms with Crippen molar-refractivity contribution in [1.29, 1.82) is 0 Å². The van der Waals surface area contributed by atoms with Crippen LogP contribution in [0.3, 0.4) is 0 Å². The Morgan fingerprint density at radius 2 is 2.05 bits per heavy atom. The molecule has 3 aliphatic rings. The Morgan fingerprint density at radius 1 is 1.27 bits per heavy atom. The number of hydrogen-bond donors (Lipinski definition) is 1. The molecule has 1 unspecified atom stereocenters. The van der Waals surface area contributed by atoms with E-state index in [-0.39, 0.29) is 16.5 Å². The van der Waals surface area contributed by atoms with Crippen LogP contribution >= 0.6 is 15.9 Å². The molecule has 0 saturated carbocycles. The second-order valence-corrected chi connectivity index (χ2v) is 6.73. The standard InChI is InChI=1S/C17H13BrN2O2/c1-20-13-8-9(18)6-7-11(13)14(17(20)22)15-16(21)10-4-2-3-5-12(10)19-15/h2-7,9,19H,8H2,1H3/b15-14-. The fourth-order valence-corrected chi connectivity index (χ4v) is 3.60. The monoisotopic (exact) mass is 356 g/mol. The molecule has 0 bridgehead atoms. The number of ketones is 1. The van der Waals surface area contributed by atoms with E-state index >= 15 is 0 Å². The lowest BCUT2D eigenvalue weighted by molar-refractivity contribution is -0.123. The van der Waals surface area contributed by atoms with Gasteiger partial charge in [0.1, 0.15) is 5.70 Å². The molecule has 2 heterocycles. The van der Waals surface area contributed by atoms with E-state index in [1.54, 1.807) is 18.0 Å². The summed E-state index contributed by atoms with van der Waals surface area (Å²) in [6.45, 7) is 0. The van der Waals surface area contributed by atoms with Gasteiger partial charge < -0.3 is 10.2 Å². The number of carbonyl (C=O) groups excluding carboxylic acids is 2. The maximum Gasteiger partial charge on any atom is 0.260 e. The van der Waals surface area contributed by atoms with Crippen molar-refractivity contribution < 1.29 is 9.59 Å². The number of Topliss-reactive ketones (excluding diaryl/α,β-unsaturated/α-hetero) is 1. The first-order chi connectivity index (χ1) is 10.6. The van der Waals surface area contributed by atoms with Crippen LogP contribution in [0.15, 0.2) is 59.0 Å². The van der Waals surface area contributed by atoms with Gasteiger partial charge in [0.05, 0.1) is 5.57 Å². The number of carbonyl (C=O) groups is 2. The predicted octanol–water partition coefficient (Wildman–Crippen LogP) is 3.00. The first-order valence-electron chi connectivity index (χ1n) is 7.07. The minimum Gasteiger partial charge on any atom is -0.351 e. The van der Waals surface area contributed by atoms with Crippen molar-refractivity contribution in [2.75, 3.05) is 12.4 Å². The molecule has 0 fully saturated rings. The number of nitrogens with one attached hydrogen (secondary N) is 1. The number of para-hydroxylation sites is 1. The highest BCUT2D eigenvalue weighted by molar-refractivity contribution is 9.09. The van der Waals surface area contributed by atoms with Crippen LogP contribution in [0, 0.1) is 0 Å². The van der Waals surface area contributed by atoms with E-state index in [9.17, 15) is 9.59 Å². The fraction of sp³-hybridized carbons (Fsp3) is 0.176. The van der Waals surface area contributed by atoms with Crippen LogP contribution in [0.25, 0.3) is 0 Å². The summed E-state index contributed by atoms with van der Waals surface area (Å²) in [6, 6.07) is 7.33. The summed E-state index contributed by atoms with van der Waals surface area (Å²) < 4.78 is 0. The minimum atomic E-state index is -0.125. The number of anilines is 1. The first-order valence-corrected chi connectivity index (χ1v) is 7.98. The molecule has 110 valence electrons. The van der Waals surface area contributed by atoms with Gasteiger partial charge in [-0.15, -0.1) is 0 Å². The topological polar surface area (TPSA) is 49.4 Å². The maximum absolute atomic E-state index is 12.6. The van der Waals surface area contributed by atoms with Gasteiger partial charge in [0.15, 0.2) is 0 Å². The van der Waals surface area contributed by atoms with Gasteiger partial charge in [-0.3, -0.25) is 9.59 Å². The number of likely N-dealkylation sites (N-methyl/N-ethyl adjacent to an activating group) is 1. The van der Waals surface area contributed by atoms with Crippen LogP contribution in [-0.4, -0.2) is 28.5 Å². The largest absolute Gasteiger partial charge is 0.351 e. The van der Waals surface area contributed by atoms with Crippen LogP contribution in [0.5, 0.6) is 0 Å². The molecule has 1 aromatic rings. The molecule has 1 aliphatic carbocycles. The van der Waals surface area contributed by atoms with Crippen LogP contribution in [0.4, 0.5) is 5.69 Å². The number of amides is 1. The molecule has 0 aromatic heterocycles. The van der Waals surface area contributed by atoms with Crippen LogP contribution < -0.4 is 5.32 Å². The van der Waals surface area contributed by atoms with E-state index < -0.39 is 0 Å². The second-order valence-electron chi connectivity index (χ2n) is 5.55. The molecule has 4 nitrogen and oxygen atoms in total. The van der Waals surface area contributed by atoms with E-state index in [1.165, 1.54) is 0 Å². The third-order valence-electron chi connectivity index (χ3n) is 4.27. The highest BCUT2D eigenvalue weighted by Gasteiger charge is 2.39. The number of nitrogens with zero attached hydrogens (tertiary/aromatic N) is 1. The summed E-state index contributed by atoms with van der Waals surface area (Å²) >= 11 is 3.55. The average molecular weight is 357 g/mol. The van der Waals surface area contributed by atoms with Gasteiger partial charge in [-0.1, -0.05) is 40.2 Å². The van der Waals surface area contributed by atoms with Gasteiger partial charge in [-0.05, 0) is 12.1 Å². The number of alkyl halides is 1. The molecule has 2 aliphatic heterocycles. The van der Waals surface area contributed by atoms with Crippen molar-refractivity contribution in [3.63, 3.8) is 0 Å². The first kappa shape index (κ1) is 13.5. The van der Waals surface area contributed by atoms with Gasteiger partial charge in [-0.2, -0.15) is 0 Å². The molecule has 22 heavy (non-hydrogen) atoms. The second kappa shape index (κ2) is 4.68. The van der Waals surface area contributed by atoms with Crippen molar-refractivity contribution in [3.8, 4) is 0 Å². The quantitative estimate of drug-likeness (QED) is 0.574. The molecule has 4 rings (SSSR count). The Balaban J connectivity index is 1.88. The van der Waals surface area contributed by atoms with E-state index in [0.717, 1.165) is 23.4 Å². The van der Waals surface area contributed by atoms with Crippen molar-refractivity contribution in [3.05, 3.63) is 64.5 Å². The van der Waals surface area contributed by atoms with Crippen LogP contribution in [0.1, 0.15) is 16.8 Å². The molecular weight excluding hydrogens is 344 g/mol. The Kier molecular flexibility index (Phi) is 2.87. The van der Waals surface area contributed by atoms with Crippen LogP contribution in [-0.2, 0) is 4.79 Å². The lowest BCUT2D eigenvalue weighted by atomic mass is 9.97. The van der Waals surface area contributed by atoms with E-state index in [1.807, 2.05) is 30.4 Å². The lowest BCUT2D eigenvalue weighted by Gasteiger charge is -2.18. The molecule has 0 spiro atoms. The summed E-state index contributed by atoms with van der Waals surface area (Å²) in [5, 5.41) is 3.12. The normalized spacial score (nSPS) is 26.5. The number of allylic oxidation sites excluding steroid dienone is 4. The SMILES string of the molecule is CN1C(=O)/C(=C2\Nc3ccccc3C2=O)C2=C1CC(Br)C=C2. The maximum atomic E-state index is 12.6. The fourth-order valence-electron chi connectivity index (χ4n) is 3.14. The number of halogens is 1. The van der Waals surface area contributed by atoms with Gasteiger partial charge >= 0.3 is 0 Å². The van der Waals surface area contributed by atoms with Crippen LogP contribution in [0.2, 0.25) is 0 Å². The Labute approximate surface area is 136 Å². The zero-order valence-electron chi connectivity index (χ0n) is 11.9. The molecule has 1 atom stereocenters. The predicted molar refractivity (Wildman–Crippen MR) is 87.7 cm³/mol. The van der Waals surface area contributed by atoms with Crippen molar-refractivity contribution in [1.82, 2.24) is 4.90 Å². The van der Waals surface area contributed by atoms with E-state index in [0.29, 0.717) is 16.8 Å². The Hall–Kier alpha value is -2.14. The third kappa shape index (κ3) is 1.75. The highest BCUT2D eigenvalue weighted by atomic mass is 79.9. The molecule has 1 N–H and O–H groups in total. The summed E-state index contributed by atoms with van der Waals surface area (Å²) in [5.74, 6) is -0.240. The number of benzene rings is 1. The molecule has 1 aromatic carbocycles. The number of fused-ring (bicyclic) bond motifs is 1. The van der Waals surface area contributed by atoms with Gasteiger partial charge in [0.2, 0.25) is 5.78 Å². The zero-order chi connectivity index (χ0) is 15.4. The summed E-state index contributed by atoms with van der Waals surface area (Å²) in [7, 11) is 1.76. The highest BCUT2D eigenvalue weighted by Crippen LogP contribution is 2.40. The number of hydrogen-bond acceptors (Lipinski definition) is 3. The number of rotatable bonds is 0. The molecule has 5 heteroatoms. The molecule has 0 saturated heterocycles. The van der Waals surface area contributed by atoms with Crippen molar-refractivity contribution in [2.45, 2.75) is 11.2 Å². The van der Waals surface area contributed by atoms with E-state index in [2.05, 4.69) is 21.2 Å². The third-order valence-corrected chi connectivity index (χ3v) is 4.90. The minimum absolute atomic E-state index is 0.115. The van der Waals surface area contributed by atoms with E-state index in [4.69, 9.17) is 0 Å². The van der Waals surface area contributed by atoms with Gasteiger partial charge in [0.25, 0.3) is 5.91 Å². The van der Waals surface area contributed by atoms with Gasteiger partial charge in [0, 0.05) is 40.8 Å². The zero-order valence-corrected chi connectivity index (χ0v) is 13.5. The average Bonchev–Trinajstić information content (AvgIpc) is 2.96. The summed E-state index contributed by atoms with van der Waals surface area (Å²) in [6.07, 6.45) is 4.68. The lowest BCUT2D eigenvalue weighted by Crippen LogP contribution is -2.23. The molecule has 1 amide bonds.